The van der Waals surface area contributed by atoms with E-state index in [1.165, 1.54) is 7.11 Å². The van der Waals surface area contributed by atoms with Crippen LogP contribution in [0.4, 0.5) is 5.95 Å². The number of nitrogen functional groups attached to an aromatic ring is 1. The van der Waals surface area contributed by atoms with Crippen LogP contribution >= 0.6 is 20.3 Å². The van der Waals surface area contributed by atoms with Crippen LogP contribution in [-0.4, -0.2) is 70.0 Å². The van der Waals surface area contributed by atoms with Gasteiger partial charge in [0, 0.05) is 11.3 Å². The second-order valence-electron chi connectivity index (χ2n) is 12.9. The fraction of sp³-hybridized carbons (Fsp3) is 0.515. The highest BCUT2D eigenvalue weighted by molar-refractivity contribution is 7.98. The second kappa shape index (κ2) is 15.3. The number of hydrogen-bond acceptors (Lipinski definition) is 12. The van der Waals surface area contributed by atoms with Gasteiger partial charge in [0.05, 0.1) is 26.4 Å². The molecule has 0 spiro atoms. The summed E-state index contributed by atoms with van der Waals surface area (Å²) in [4.78, 5) is 26.6. The molecule has 1 aliphatic rings. The number of benzene rings is 2. The predicted molar refractivity (Wildman–Crippen MR) is 187 cm³/mol. The van der Waals surface area contributed by atoms with E-state index in [4.69, 9.17) is 29.0 Å². The van der Waals surface area contributed by atoms with Gasteiger partial charge in [0.15, 0.2) is 11.2 Å². The summed E-state index contributed by atoms with van der Waals surface area (Å²) in [6, 6.07) is 13.3. The standard InChI is InChI=1S/C33H45N6O6PS/c1-20-17-23(44-30(20)39-21(2)35-27-28(39)36-32(34)37-29(27)41-6)18-43-46(45-26-14-10-12-22-11-8-9-13-24(22)26)38-25(15-16-47-7)31(40)42-19-33(3,4)5/h8-14,20,23,25,30,38H,15-19H2,1-7H3,(H2,34,36,37)/t20?,23?,25-,30?,46?/m0/s1. The van der Waals surface area contributed by atoms with Crippen molar-refractivity contribution < 1.29 is 28.1 Å². The molecule has 12 nitrogen and oxygen atoms in total. The Morgan fingerprint density at radius 1 is 1.19 bits per heavy atom. The number of anilines is 1. The van der Waals surface area contributed by atoms with E-state index in [-0.39, 0.29) is 42.2 Å². The zero-order valence-electron chi connectivity index (χ0n) is 28.1. The van der Waals surface area contributed by atoms with Gasteiger partial charge in [0.25, 0.3) is 0 Å². The highest BCUT2D eigenvalue weighted by Gasteiger charge is 2.37. The van der Waals surface area contributed by atoms with Gasteiger partial charge in [-0.1, -0.05) is 64.1 Å². The van der Waals surface area contributed by atoms with Crippen molar-refractivity contribution in [2.75, 3.05) is 38.1 Å². The summed E-state index contributed by atoms with van der Waals surface area (Å²) in [5.74, 6) is 2.35. The fourth-order valence-electron chi connectivity index (χ4n) is 5.45. The monoisotopic (exact) mass is 684 g/mol. The molecule has 2 aromatic carbocycles. The molecular formula is C33H45N6O6PS. The molecular weight excluding hydrogens is 639 g/mol. The molecule has 4 unspecified atom stereocenters. The Balaban J connectivity index is 1.36. The minimum absolute atomic E-state index is 0.0976. The Kier molecular flexibility index (Phi) is 11.5. The number of nitrogens with two attached hydrogens (primary N) is 1. The van der Waals surface area contributed by atoms with Gasteiger partial charge < -0.3 is 29.0 Å². The minimum Gasteiger partial charge on any atom is -0.479 e. The lowest BCUT2D eigenvalue weighted by Gasteiger charge is -2.26. The molecule has 47 heavy (non-hydrogen) atoms. The summed E-state index contributed by atoms with van der Waals surface area (Å²) in [6.07, 6.45) is 2.69. The maximum atomic E-state index is 13.3. The first-order chi connectivity index (χ1) is 22.5. The van der Waals surface area contributed by atoms with E-state index >= 15 is 0 Å². The number of esters is 1. The van der Waals surface area contributed by atoms with Crippen LogP contribution < -0.4 is 20.1 Å². The van der Waals surface area contributed by atoms with Crippen molar-refractivity contribution in [1.29, 1.82) is 0 Å². The Bertz CT molecular complexity index is 1680. The predicted octanol–water partition coefficient (Wildman–Crippen LogP) is 6.43. The van der Waals surface area contributed by atoms with E-state index in [1.54, 1.807) is 11.8 Å². The molecule has 5 atom stereocenters. The number of aryl methyl sites for hydroxylation is 1. The van der Waals surface area contributed by atoms with Crippen molar-refractivity contribution in [3.05, 3.63) is 48.3 Å². The lowest BCUT2D eigenvalue weighted by molar-refractivity contribution is -0.148. The average Bonchev–Trinajstić information content (AvgIpc) is 3.57. The van der Waals surface area contributed by atoms with Crippen molar-refractivity contribution in [3.63, 3.8) is 0 Å². The number of rotatable bonds is 14. The van der Waals surface area contributed by atoms with Gasteiger partial charge in [-0.25, -0.2) is 10.1 Å². The van der Waals surface area contributed by atoms with E-state index < -0.39 is 14.6 Å². The third-order valence-corrected chi connectivity index (χ3v) is 9.63. The molecule has 254 valence electrons. The maximum absolute atomic E-state index is 13.3. The van der Waals surface area contributed by atoms with Gasteiger partial charge in [-0.3, -0.25) is 9.36 Å². The number of nitrogens with zero attached hydrogens (tertiary/aromatic N) is 4. The van der Waals surface area contributed by atoms with E-state index in [0.717, 1.165) is 22.9 Å². The highest BCUT2D eigenvalue weighted by Crippen LogP contribution is 2.43. The largest absolute Gasteiger partial charge is 0.479 e. The smallest absolute Gasteiger partial charge is 0.323 e. The van der Waals surface area contributed by atoms with Crippen LogP contribution in [0.3, 0.4) is 0 Å². The second-order valence-corrected chi connectivity index (χ2v) is 15.1. The molecule has 4 aromatic rings. The zero-order chi connectivity index (χ0) is 33.7. The number of imidazole rings is 1. The summed E-state index contributed by atoms with van der Waals surface area (Å²) >= 11 is 1.67. The van der Waals surface area contributed by atoms with Crippen molar-refractivity contribution in [1.82, 2.24) is 24.6 Å². The van der Waals surface area contributed by atoms with Gasteiger partial charge in [0.1, 0.15) is 23.8 Å². The molecule has 0 radical (unpaired) electrons. The van der Waals surface area contributed by atoms with Crippen LogP contribution in [-0.2, 0) is 18.8 Å². The molecule has 0 aliphatic carbocycles. The van der Waals surface area contributed by atoms with Gasteiger partial charge in [-0.2, -0.15) is 21.7 Å². The fourth-order valence-corrected chi connectivity index (χ4v) is 7.23. The first kappa shape index (κ1) is 35.1. The number of ether oxygens (including phenoxy) is 3. The van der Waals surface area contributed by atoms with E-state index in [2.05, 4.69) is 27.0 Å². The van der Waals surface area contributed by atoms with Gasteiger partial charge >= 0.3 is 14.5 Å². The molecule has 1 fully saturated rings. The van der Waals surface area contributed by atoms with Crippen molar-refractivity contribution in [2.45, 2.75) is 65.8 Å². The Labute approximate surface area is 281 Å². The molecule has 3 heterocycles. The van der Waals surface area contributed by atoms with Crippen molar-refractivity contribution >= 4 is 54.1 Å². The summed E-state index contributed by atoms with van der Waals surface area (Å²) in [7, 11) is -0.257. The molecule has 14 heteroatoms. The van der Waals surface area contributed by atoms with E-state index in [1.807, 2.05) is 81.0 Å². The number of thioether (sulfide) groups is 1. The van der Waals surface area contributed by atoms with Crippen LogP contribution in [0.1, 0.15) is 52.6 Å². The van der Waals surface area contributed by atoms with E-state index in [9.17, 15) is 4.79 Å². The number of hydrogen-bond donors (Lipinski definition) is 2. The summed E-state index contributed by atoms with van der Waals surface area (Å²) < 4.78 is 32.7. The molecule has 5 rings (SSSR count). The number of carbonyl (C=O) groups is 1. The van der Waals surface area contributed by atoms with Crippen LogP contribution in [0.2, 0.25) is 0 Å². The lowest BCUT2D eigenvalue weighted by Crippen LogP contribution is -2.38. The lowest BCUT2D eigenvalue weighted by atomic mass is 9.99. The van der Waals surface area contributed by atoms with Gasteiger partial charge in [-0.05, 0) is 48.6 Å². The molecule has 3 N–H and O–H groups in total. The van der Waals surface area contributed by atoms with Crippen LogP contribution in [0.5, 0.6) is 11.6 Å². The average molecular weight is 685 g/mol. The summed E-state index contributed by atoms with van der Waals surface area (Å²) in [6.45, 7) is 10.7. The Morgan fingerprint density at radius 3 is 2.70 bits per heavy atom. The highest BCUT2D eigenvalue weighted by atomic mass is 32.2. The van der Waals surface area contributed by atoms with Crippen LogP contribution in [0, 0.1) is 18.3 Å². The van der Waals surface area contributed by atoms with Gasteiger partial charge in [0.2, 0.25) is 11.8 Å². The topological polar surface area (TPSA) is 145 Å². The first-order valence-corrected chi connectivity index (χ1v) is 18.3. The maximum Gasteiger partial charge on any atom is 0.323 e. The third kappa shape index (κ3) is 8.63. The molecule has 2 aromatic heterocycles. The number of carbonyl (C=O) groups excluding carboxylic acids is 1. The van der Waals surface area contributed by atoms with E-state index in [0.29, 0.717) is 41.6 Å². The quantitative estimate of drug-likeness (QED) is 0.112. The summed E-state index contributed by atoms with van der Waals surface area (Å²) in [5, 5.41) is 5.38. The molecule has 1 saturated heterocycles. The molecule has 0 amide bonds. The molecule has 1 aliphatic heterocycles. The number of aromatic nitrogens is 4. The normalized spacial score (nSPS) is 19.6. The van der Waals surface area contributed by atoms with Crippen LogP contribution in [0.25, 0.3) is 21.9 Å². The molecule has 0 bridgehead atoms. The number of nitrogens with one attached hydrogen (secondary N) is 1. The minimum atomic E-state index is -1.79. The SMILES string of the molecule is COc1nc(N)nc2c1nc(C)n2C1OC(COP(N[C@@H](CCSC)C(=O)OCC(C)(C)C)Oc2cccc3ccccc23)CC1C. The number of fused-ring (bicyclic) bond motifs is 2. The number of methoxy groups -OCH3 is 1. The van der Waals surface area contributed by atoms with Crippen molar-refractivity contribution in [3.8, 4) is 11.6 Å². The zero-order valence-corrected chi connectivity index (χ0v) is 29.8. The summed E-state index contributed by atoms with van der Waals surface area (Å²) in [5.41, 5.74) is 6.92. The van der Waals surface area contributed by atoms with Crippen LogP contribution in [0.15, 0.2) is 42.5 Å². The Hall–Kier alpha value is -3.22. The Morgan fingerprint density at radius 2 is 1.96 bits per heavy atom. The van der Waals surface area contributed by atoms with Gasteiger partial charge in [-0.15, -0.1) is 0 Å². The first-order valence-electron chi connectivity index (χ1n) is 15.7. The molecule has 0 saturated carbocycles. The van der Waals surface area contributed by atoms with Crippen molar-refractivity contribution in [2.24, 2.45) is 11.3 Å². The third-order valence-electron chi connectivity index (χ3n) is 7.71.